The average molecular weight is 251 g/mol. The van der Waals surface area contributed by atoms with Gasteiger partial charge >= 0.3 is 0 Å². The number of unbranched alkanes of at least 4 members (excludes halogenated alkanes) is 2. The molecule has 1 nitrogen and oxygen atoms in total. The van der Waals surface area contributed by atoms with E-state index in [0.717, 1.165) is 5.82 Å². The Morgan fingerprint density at radius 2 is 1.89 bits per heavy atom. The van der Waals surface area contributed by atoms with Gasteiger partial charge in [-0.2, -0.15) is 0 Å². The van der Waals surface area contributed by atoms with Crippen LogP contribution in [0.25, 0.3) is 0 Å². The van der Waals surface area contributed by atoms with Gasteiger partial charge in [0, 0.05) is 0 Å². The van der Waals surface area contributed by atoms with Crippen LogP contribution in [0.2, 0.25) is 12.6 Å². The second kappa shape index (κ2) is 7.57. The third-order valence-corrected chi connectivity index (χ3v) is 4.37. The smallest absolute Gasteiger partial charge is 0.110 e. The maximum absolute atomic E-state index is 5.69. The van der Waals surface area contributed by atoms with Gasteiger partial charge in [-0.15, -0.1) is 0 Å². The summed E-state index contributed by atoms with van der Waals surface area (Å²) in [6.45, 7) is 11.6. The Kier molecular flexibility index (Phi) is 6.77. The molecule has 1 fully saturated rings. The summed E-state index contributed by atoms with van der Waals surface area (Å²) in [6, 6.07) is 0. The first-order valence-corrected chi connectivity index (χ1v) is 7.97. The minimum absolute atomic E-state index is 0.489. The van der Waals surface area contributed by atoms with Gasteiger partial charge in [-0.1, -0.05) is 66.0 Å². The van der Waals surface area contributed by atoms with E-state index < -0.39 is 0 Å². The summed E-state index contributed by atoms with van der Waals surface area (Å²) < 4.78 is 5.69. The molecule has 1 radical (unpaired) electrons. The Hall–Kier alpha value is 0.0249. The predicted molar refractivity (Wildman–Crippen MR) is 81.5 cm³/mol. The van der Waals surface area contributed by atoms with Crippen LogP contribution in [-0.4, -0.2) is 19.5 Å². The minimum atomic E-state index is 0.489. The van der Waals surface area contributed by atoms with Crippen LogP contribution in [0.15, 0.2) is 0 Å². The molecule has 0 aliphatic carbocycles. The lowest BCUT2D eigenvalue weighted by Crippen LogP contribution is -2.18. The first-order chi connectivity index (χ1) is 8.52. The summed E-state index contributed by atoms with van der Waals surface area (Å²) in [7, 11) is 2.40. The highest BCUT2D eigenvalue weighted by Gasteiger charge is 2.38. The van der Waals surface area contributed by atoms with Gasteiger partial charge in [0.25, 0.3) is 0 Å². The molecular formula is C16H32BO. The first-order valence-electron chi connectivity index (χ1n) is 7.97. The van der Waals surface area contributed by atoms with Crippen LogP contribution < -0.4 is 0 Å². The summed E-state index contributed by atoms with van der Waals surface area (Å²) in [4.78, 5) is 0. The van der Waals surface area contributed by atoms with Gasteiger partial charge in [0.15, 0.2) is 0 Å². The summed E-state index contributed by atoms with van der Waals surface area (Å²) >= 11 is 0. The molecule has 0 spiro atoms. The fourth-order valence-electron chi connectivity index (χ4n) is 3.05. The van der Waals surface area contributed by atoms with E-state index in [1.807, 2.05) is 0 Å². The van der Waals surface area contributed by atoms with Gasteiger partial charge in [-0.05, 0) is 24.7 Å². The van der Waals surface area contributed by atoms with Crippen LogP contribution in [0.4, 0.5) is 0 Å². The van der Waals surface area contributed by atoms with E-state index in [-0.39, 0.29) is 0 Å². The molecule has 0 aromatic carbocycles. The van der Waals surface area contributed by atoms with E-state index in [1.165, 1.54) is 44.9 Å². The molecule has 105 valence electrons. The third kappa shape index (κ3) is 5.78. The molecule has 1 saturated heterocycles. The highest BCUT2D eigenvalue weighted by Crippen LogP contribution is 2.40. The fraction of sp³-hybridized carbons (Fsp3) is 1.00. The van der Waals surface area contributed by atoms with Crippen molar-refractivity contribution in [3.05, 3.63) is 0 Å². The molecule has 2 heteroatoms. The third-order valence-electron chi connectivity index (χ3n) is 4.37. The summed E-state index contributed by atoms with van der Waals surface area (Å²) in [5, 5.41) is 0. The van der Waals surface area contributed by atoms with E-state index in [1.54, 1.807) is 0 Å². The highest BCUT2D eigenvalue weighted by atomic mass is 16.6. The Morgan fingerprint density at radius 1 is 1.17 bits per heavy atom. The van der Waals surface area contributed by atoms with Gasteiger partial charge in [0.1, 0.15) is 7.28 Å². The largest absolute Gasteiger partial charge is 0.370 e. The maximum Gasteiger partial charge on any atom is 0.110 e. The van der Waals surface area contributed by atoms with Crippen molar-refractivity contribution < 1.29 is 4.74 Å². The Bertz CT molecular complexity index is 227. The SMILES string of the molecule is C[B]C(CC1OC1CC)CC(C)(C)CCCCC. The molecule has 1 heterocycles. The standard InChI is InChI=1S/C16H32BO/c1-6-8-9-10-16(3,4)12-13(17-5)11-15-14(7-2)18-15/h13-15H,6-12H2,1-5H3. The molecule has 3 atom stereocenters. The van der Waals surface area contributed by atoms with Crippen molar-refractivity contribution in [1.82, 2.24) is 0 Å². The zero-order valence-electron chi connectivity index (χ0n) is 13.2. The van der Waals surface area contributed by atoms with Crippen molar-refractivity contribution in [1.29, 1.82) is 0 Å². The zero-order chi connectivity index (χ0) is 13.6. The van der Waals surface area contributed by atoms with Gasteiger partial charge in [0.05, 0.1) is 12.2 Å². The lowest BCUT2D eigenvalue weighted by molar-refractivity contribution is 0.275. The Morgan fingerprint density at radius 3 is 2.39 bits per heavy atom. The van der Waals surface area contributed by atoms with Gasteiger partial charge < -0.3 is 4.74 Å². The molecule has 1 aliphatic heterocycles. The number of rotatable bonds is 10. The van der Waals surface area contributed by atoms with Crippen molar-refractivity contribution >= 4 is 7.28 Å². The Labute approximate surface area is 115 Å². The molecule has 1 rings (SSSR count). The molecular weight excluding hydrogens is 219 g/mol. The van der Waals surface area contributed by atoms with E-state index in [4.69, 9.17) is 4.74 Å². The molecule has 1 aliphatic rings. The topological polar surface area (TPSA) is 12.5 Å². The van der Waals surface area contributed by atoms with E-state index in [0.29, 0.717) is 17.6 Å². The molecule has 18 heavy (non-hydrogen) atoms. The van der Waals surface area contributed by atoms with Crippen LogP contribution in [0.3, 0.4) is 0 Å². The summed E-state index contributed by atoms with van der Waals surface area (Å²) in [6.07, 6.45) is 10.3. The van der Waals surface area contributed by atoms with Crippen molar-refractivity contribution in [3.63, 3.8) is 0 Å². The van der Waals surface area contributed by atoms with Crippen molar-refractivity contribution in [2.24, 2.45) is 5.41 Å². The normalized spacial score (nSPS) is 24.9. The minimum Gasteiger partial charge on any atom is -0.370 e. The van der Waals surface area contributed by atoms with Crippen LogP contribution in [0.1, 0.15) is 72.6 Å². The molecule has 0 amide bonds. The van der Waals surface area contributed by atoms with Crippen LogP contribution >= 0.6 is 0 Å². The average Bonchev–Trinajstić information content (AvgIpc) is 3.06. The maximum atomic E-state index is 5.69. The zero-order valence-corrected chi connectivity index (χ0v) is 13.2. The predicted octanol–water partition coefficient (Wildman–Crippen LogP) is 5.09. The molecule has 0 saturated carbocycles. The molecule has 0 bridgehead atoms. The Balaban J connectivity index is 2.27. The van der Waals surface area contributed by atoms with E-state index >= 15 is 0 Å². The van der Waals surface area contributed by atoms with Crippen LogP contribution in [0.5, 0.6) is 0 Å². The number of ether oxygens (including phenoxy) is 1. The van der Waals surface area contributed by atoms with Gasteiger partial charge in [-0.25, -0.2) is 0 Å². The molecule has 0 aromatic rings. The van der Waals surface area contributed by atoms with Crippen molar-refractivity contribution in [2.45, 2.75) is 97.5 Å². The van der Waals surface area contributed by atoms with E-state index in [2.05, 4.69) is 41.8 Å². The monoisotopic (exact) mass is 251 g/mol. The highest BCUT2D eigenvalue weighted by molar-refractivity contribution is 6.35. The lowest BCUT2D eigenvalue weighted by Gasteiger charge is -2.29. The lowest BCUT2D eigenvalue weighted by atomic mass is 9.59. The molecule has 0 aromatic heterocycles. The number of epoxide rings is 1. The van der Waals surface area contributed by atoms with E-state index in [9.17, 15) is 0 Å². The van der Waals surface area contributed by atoms with Crippen molar-refractivity contribution in [3.8, 4) is 0 Å². The van der Waals surface area contributed by atoms with Crippen LogP contribution in [0, 0.1) is 5.41 Å². The molecule has 3 unspecified atom stereocenters. The van der Waals surface area contributed by atoms with Crippen LogP contribution in [-0.2, 0) is 4.74 Å². The molecule has 0 N–H and O–H groups in total. The summed E-state index contributed by atoms with van der Waals surface area (Å²) in [5.74, 6) is 0.739. The summed E-state index contributed by atoms with van der Waals surface area (Å²) in [5.41, 5.74) is 0.489. The van der Waals surface area contributed by atoms with Crippen molar-refractivity contribution in [2.75, 3.05) is 0 Å². The second-order valence-corrected chi connectivity index (χ2v) is 6.78. The van der Waals surface area contributed by atoms with Gasteiger partial charge in [-0.3, -0.25) is 0 Å². The fourth-order valence-corrected chi connectivity index (χ4v) is 3.05. The quantitative estimate of drug-likeness (QED) is 0.299. The second-order valence-electron chi connectivity index (χ2n) is 6.78. The number of hydrogen-bond donors (Lipinski definition) is 0. The number of hydrogen-bond acceptors (Lipinski definition) is 1. The first kappa shape index (κ1) is 16.1. The van der Waals surface area contributed by atoms with Gasteiger partial charge in [0.2, 0.25) is 0 Å².